The minimum absolute atomic E-state index is 0.141. The average Bonchev–Trinajstić information content (AvgIpc) is 2.61. The van der Waals surface area contributed by atoms with Gasteiger partial charge in [0, 0.05) is 52.4 Å². The monoisotopic (exact) mass is 369 g/mol. The van der Waals surface area contributed by atoms with Crippen LogP contribution in [-0.4, -0.2) is 86.5 Å². The number of hydrogen-bond donors (Lipinski definition) is 1. The number of nitrogens with zero attached hydrogens (tertiary/aromatic N) is 3. The van der Waals surface area contributed by atoms with Crippen molar-refractivity contribution in [3.8, 4) is 0 Å². The van der Waals surface area contributed by atoms with Crippen molar-refractivity contribution in [3.63, 3.8) is 0 Å². The van der Waals surface area contributed by atoms with Crippen LogP contribution in [0.2, 0.25) is 0 Å². The number of aliphatic hydroxyl groups is 1. The topological polar surface area (TPSA) is 81.2 Å². The molecule has 1 heterocycles. The van der Waals surface area contributed by atoms with E-state index in [9.17, 15) is 18.3 Å². The van der Waals surface area contributed by atoms with Crippen molar-refractivity contribution in [2.45, 2.75) is 24.3 Å². The molecule has 1 atom stereocenters. The Hall–Kier alpha value is -1.48. The third-order valence-corrected chi connectivity index (χ3v) is 6.29. The van der Waals surface area contributed by atoms with Gasteiger partial charge in [0.1, 0.15) is 0 Å². The number of aliphatic hydroxyl groups excluding tert-OH is 1. The molecule has 0 radical (unpaired) electrons. The smallest absolute Gasteiger partial charge is 0.253 e. The molecule has 1 saturated heterocycles. The Balaban J connectivity index is 2.10. The van der Waals surface area contributed by atoms with Crippen LogP contribution in [0, 0.1) is 0 Å². The largest absolute Gasteiger partial charge is 0.392 e. The highest BCUT2D eigenvalue weighted by Gasteiger charge is 2.29. The Bertz CT molecular complexity index is 698. The third kappa shape index (κ3) is 4.78. The van der Waals surface area contributed by atoms with Gasteiger partial charge in [-0.25, -0.2) is 8.42 Å². The lowest BCUT2D eigenvalue weighted by Gasteiger charge is -2.34. The standard InChI is InChI=1S/C17H27N3O4S/c1-4-15(21)13-19-8-10-20(11-9-19)25(23,24)16-7-5-6-14(12-16)17(22)18(2)3/h5-7,12,15,21H,4,8-11,13H2,1-3H3/t15-/m1/s1. The summed E-state index contributed by atoms with van der Waals surface area (Å²) < 4.78 is 27.1. The fourth-order valence-corrected chi connectivity index (χ4v) is 4.25. The van der Waals surface area contributed by atoms with Crippen LogP contribution in [0.3, 0.4) is 0 Å². The Morgan fingerprint density at radius 2 is 1.88 bits per heavy atom. The fraction of sp³-hybridized carbons (Fsp3) is 0.588. The summed E-state index contributed by atoms with van der Waals surface area (Å²) in [5.41, 5.74) is 0.357. The number of hydrogen-bond acceptors (Lipinski definition) is 5. The van der Waals surface area contributed by atoms with Crippen LogP contribution in [0.25, 0.3) is 0 Å². The van der Waals surface area contributed by atoms with E-state index in [4.69, 9.17) is 0 Å². The summed E-state index contributed by atoms with van der Waals surface area (Å²) in [5, 5.41) is 9.73. The van der Waals surface area contributed by atoms with Crippen molar-refractivity contribution in [1.29, 1.82) is 0 Å². The summed E-state index contributed by atoms with van der Waals surface area (Å²) in [5.74, 6) is -0.226. The highest BCUT2D eigenvalue weighted by molar-refractivity contribution is 7.89. The van der Waals surface area contributed by atoms with Gasteiger partial charge in [-0.3, -0.25) is 9.69 Å². The first-order valence-corrected chi connectivity index (χ1v) is 9.92. The van der Waals surface area contributed by atoms with Gasteiger partial charge in [0.2, 0.25) is 10.0 Å². The van der Waals surface area contributed by atoms with Gasteiger partial charge < -0.3 is 10.0 Å². The van der Waals surface area contributed by atoms with E-state index in [1.54, 1.807) is 26.2 Å². The second kappa shape index (κ2) is 8.27. The van der Waals surface area contributed by atoms with Crippen molar-refractivity contribution >= 4 is 15.9 Å². The van der Waals surface area contributed by atoms with Gasteiger partial charge in [-0.05, 0) is 24.6 Å². The molecule has 0 spiro atoms. The van der Waals surface area contributed by atoms with Gasteiger partial charge in [0.05, 0.1) is 11.0 Å². The summed E-state index contributed by atoms with van der Waals surface area (Å²) in [6.07, 6.45) is 0.308. The quantitative estimate of drug-likeness (QED) is 0.788. The van der Waals surface area contributed by atoms with Gasteiger partial charge in [0.15, 0.2) is 0 Å². The maximum Gasteiger partial charge on any atom is 0.253 e. The van der Waals surface area contributed by atoms with Crippen molar-refractivity contribution in [2.75, 3.05) is 46.8 Å². The molecule has 8 heteroatoms. The lowest BCUT2D eigenvalue weighted by atomic mass is 10.2. The second-order valence-corrected chi connectivity index (χ2v) is 8.43. The summed E-state index contributed by atoms with van der Waals surface area (Å²) >= 11 is 0. The number of amides is 1. The van der Waals surface area contributed by atoms with Crippen LogP contribution in [0.4, 0.5) is 0 Å². The number of rotatable bonds is 6. The van der Waals surface area contributed by atoms with Crippen LogP contribution in [0.15, 0.2) is 29.2 Å². The zero-order valence-electron chi connectivity index (χ0n) is 15.1. The number of carbonyl (C=O) groups excluding carboxylic acids is 1. The van der Waals surface area contributed by atoms with E-state index in [0.717, 1.165) is 0 Å². The number of carbonyl (C=O) groups is 1. The average molecular weight is 369 g/mol. The fourth-order valence-electron chi connectivity index (χ4n) is 2.78. The van der Waals surface area contributed by atoms with Crippen molar-refractivity contribution in [2.24, 2.45) is 0 Å². The lowest BCUT2D eigenvalue weighted by molar-refractivity contribution is 0.0827. The molecule has 1 amide bonds. The molecular weight excluding hydrogens is 342 g/mol. The SMILES string of the molecule is CC[C@@H](O)CN1CCN(S(=O)(=O)c2cccc(C(=O)N(C)C)c2)CC1. The molecule has 1 aromatic carbocycles. The first-order chi connectivity index (χ1) is 11.8. The molecule has 25 heavy (non-hydrogen) atoms. The molecular formula is C17H27N3O4S. The Morgan fingerprint density at radius 3 is 2.44 bits per heavy atom. The van der Waals surface area contributed by atoms with Gasteiger partial charge in [-0.1, -0.05) is 13.0 Å². The zero-order valence-corrected chi connectivity index (χ0v) is 15.9. The number of β-amino-alcohol motifs (C(OH)–C–C–N with tert-alkyl or cyclic N) is 1. The molecule has 0 bridgehead atoms. The van der Waals surface area contributed by atoms with E-state index in [0.29, 0.717) is 44.7 Å². The molecule has 0 unspecified atom stereocenters. The molecule has 0 aliphatic carbocycles. The zero-order chi connectivity index (χ0) is 18.6. The normalized spacial score (nSPS) is 18.1. The van der Waals surface area contributed by atoms with Crippen LogP contribution in [0.5, 0.6) is 0 Å². The van der Waals surface area contributed by atoms with E-state index in [1.165, 1.54) is 21.3 Å². The van der Waals surface area contributed by atoms with E-state index < -0.39 is 10.0 Å². The van der Waals surface area contributed by atoms with Gasteiger partial charge >= 0.3 is 0 Å². The summed E-state index contributed by atoms with van der Waals surface area (Å²) in [6, 6.07) is 6.17. The molecule has 1 N–H and O–H groups in total. The number of benzene rings is 1. The molecule has 1 fully saturated rings. The molecule has 7 nitrogen and oxygen atoms in total. The molecule has 1 aliphatic heterocycles. The molecule has 2 rings (SSSR count). The predicted octanol–water partition coefficient (Wildman–Crippen LogP) is 0.466. The summed E-state index contributed by atoms with van der Waals surface area (Å²) in [6.45, 7) is 4.43. The Kier molecular flexibility index (Phi) is 6.56. The van der Waals surface area contributed by atoms with Gasteiger partial charge in [0.25, 0.3) is 5.91 Å². The van der Waals surface area contributed by atoms with Crippen LogP contribution < -0.4 is 0 Å². The summed E-state index contributed by atoms with van der Waals surface area (Å²) in [7, 11) is -0.363. The predicted molar refractivity (Wildman–Crippen MR) is 96.0 cm³/mol. The lowest BCUT2D eigenvalue weighted by Crippen LogP contribution is -2.50. The third-order valence-electron chi connectivity index (χ3n) is 4.40. The van der Waals surface area contributed by atoms with Crippen molar-refractivity contribution in [3.05, 3.63) is 29.8 Å². The molecule has 0 saturated carbocycles. The first-order valence-electron chi connectivity index (χ1n) is 8.48. The molecule has 1 aliphatic rings. The van der Waals surface area contributed by atoms with Crippen LogP contribution >= 0.6 is 0 Å². The molecule has 1 aromatic rings. The van der Waals surface area contributed by atoms with E-state index in [1.807, 2.05) is 6.92 Å². The Morgan fingerprint density at radius 1 is 1.24 bits per heavy atom. The maximum absolute atomic E-state index is 12.9. The van der Waals surface area contributed by atoms with Crippen LogP contribution in [-0.2, 0) is 10.0 Å². The number of piperazine rings is 1. The molecule has 0 aromatic heterocycles. The first kappa shape index (κ1) is 19.8. The van der Waals surface area contributed by atoms with Crippen molar-refractivity contribution < 1.29 is 18.3 Å². The highest BCUT2D eigenvalue weighted by Crippen LogP contribution is 2.19. The summed E-state index contributed by atoms with van der Waals surface area (Å²) in [4.78, 5) is 15.7. The minimum atomic E-state index is -3.63. The maximum atomic E-state index is 12.9. The van der Waals surface area contributed by atoms with E-state index >= 15 is 0 Å². The second-order valence-electron chi connectivity index (χ2n) is 6.49. The minimum Gasteiger partial charge on any atom is -0.392 e. The van der Waals surface area contributed by atoms with E-state index in [-0.39, 0.29) is 16.9 Å². The van der Waals surface area contributed by atoms with Crippen LogP contribution in [0.1, 0.15) is 23.7 Å². The van der Waals surface area contributed by atoms with Gasteiger partial charge in [-0.2, -0.15) is 4.31 Å². The highest BCUT2D eigenvalue weighted by atomic mass is 32.2. The number of sulfonamides is 1. The molecule has 140 valence electrons. The Labute approximate surface area is 149 Å². The van der Waals surface area contributed by atoms with Crippen molar-refractivity contribution in [1.82, 2.24) is 14.1 Å². The van der Waals surface area contributed by atoms with Gasteiger partial charge in [-0.15, -0.1) is 0 Å². The van der Waals surface area contributed by atoms with E-state index in [2.05, 4.69) is 4.90 Å².